The fourth-order valence-electron chi connectivity index (χ4n) is 2.75. The Balaban J connectivity index is 2.25. The summed E-state index contributed by atoms with van der Waals surface area (Å²) in [6.45, 7) is 5.27. The molecule has 1 aromatic rings. The fraction of sp³-hybridized carbons (Fsp3) is 0.571. The molecule has 16 heavy (non-hydrogen) atoms. The van der Waals surface area contributed by atoms with E-state index in [1.165, 1.54) is 11.3 Å². The third kappa shape index (κ3) is 2.07. The van der Waals surface area contributed by atoms with Crippen LogP contribution in [0, 0.1) is 6.92 Å². The van der Waals surface area contributed by atoms with Crippen molar-refractivity contribution in [3.63, 3.8) is 0 Å². The molecule has 2 atom stereocenters. The van der Waals surface area contributed by atoms with Gasteiger partial charge in [-0.25, -0.2) is 0 Å². The van der Waals surface area contributed by atoms with Crippen LogP contribution in [0.5, 0.6) is 0 Å². The van der Waals surface area contributed by atoms with Gasteiger partial charge in [0, 0.05) is 12.2 Å². The topological polar surface area (TPSA) is 23.5 Å². The number of aliphatic hydroxyl groups is 1. The summed E-state index contributed by atoms with van der Waals surface area (Å²) in [5.74, 6) is 0. The van der Waals surface area contributed by atoms with Crippen LogP contribution in [0.2, 0.25) is 0 Å². The van der Waals surface area contributed by atoms with Crippen LogP contribution in [0.15, 0.2) is 24.3 Å². The molecule has 0 unspecified atom stereocenters. The normalized spacial score (nSPS) is 24.7. The van der Waals surface area contributed by atoms with Crippen LogP contribution >= 0.6 is 0 Å². The fourth-order valence-corrected chi connectivity index (χ4v) is 2.75. The first-order valence-electron chi connectivity index (χ1n) is 6.24. The maximum atomic E-state index is 10.0. The summed E-state index contributed by atoms with van der Waals surface area (Å²) >= 11 is 0. The van der Waals surface area contributed by atoms with E-state index in [1.807, 2.05) is 0 Å². The predicted octanol–water partition coefficient (Wildman–Crippen LogP) is 2.73. The predicted molar refractivity (Wildman–Crippen MR) is 67.8 cm³/mol. The molecule has 2 nitrogen and oxygen atoms in total. The van der Waals surface area contributed by atoms with Crippen LogP contribution in [0.1, 0.15) is 31.7 Å². The Morgan fingerprint density at radius 1 is 1.31 bits per heavy atom. The maximum Gasteiger partial charge on any atom is 0.0743 e. The van der Waals surface area contributed by atoms with Gasteiger partial charge in [-0.05, 0) is 44.7 Å². The Labute approximate surface area is 97.9 Å². The van der Waals surface area contributed by atoms with E-state index >= 15 is 0 Å². The quantitative estimate of drug-likeness (QED) is 0.845. The van der Waals surface area contributed by atoms with E-state index in [0.29, 0.717) is 6.04 Å². The summed E-state index contributed by atoms with van der Waals surface area (Å²) in [6.07, 6.45) is 3.06. The van der Waals surface area contributed by atoms with Gasteiger partial charge in [0.2, 0.25) is 0 Å². The van der Waals surface area contributed by atoms with E-state index < -0.39 is 0 Å². The average molecular weight is 219 g/mol. The van der Waals surface area contributed by atoms with E-state index in [9.17, 15) is 5.11 Å². The van der Waals surface area contributed by atoms with Gasteiger partial charge >= 0.3 is 0 Å². The molecule has 1 fully saturated rings. The van der Waals surface area contributed by atoms with Crippen molar-refractivity contribution in [2.75, 3.05) is 11.4 Å². The van der Waals surface area contributed by atoms with Crippen molar-refractivity contribution >= 4 is 5.69 Å². The molecular weight excluding hydrogens is 198 g/mol. The maximum absolute atomic E-state index is 10.0. The second-order valence-electron chi connectivity index (χ2n) is 4.64. The zero-order valence-corrected chi connectivity index (χ0v) is 10.2. The molecule has 1 N–H and O–H groups in total. The van der Waals surface area contributed by atoms with E-state index in [2.05, 4.69) is 43.0 Å². The number of hydrogen-bond acceptors (Lipinski definition) is 2. The van der Waals surface area contributed by atoms with Crippen LogP contribution in [0.4, 0.5) is 5.69 Å². The minimum absolute atomic E-state index is 0.153. The van der Waals surface area contributed by atoms with Gasteiger partial charge in [0.1, 0.15) is 0 Å². The first kappa shape index (κ1) is 11.5. The highest BCUT2D eigenvalue weighted by molar-refractivity contribution is 5.54. The molecule has 2 heteroatoms. The number of aryl methyl sites for hydroxylation is 1. The standard InChI is InChI=1S/C14H21NO/c1-3-15(13-9-6-10-14(13)16)12-8-5-4-7-11(12)2/h4-5,7-8,13-14,16H,3,6,9-10H2,1-2H3/t13-,14-/m1/s1. The molecule has 0 amide bonds. The Morgan fingerprint density at radius 3 is 2.62 bits per heavy atom. The lowest BCUT2D eigenvalue weighted by atomic mass is 10.1. The van der Waals surface area contributed by atoms with Crippen molar-refractivity contribution in [1.82, 2.24) is 0 Å². The lowest BCUT2D eigenvalue weighted by Crippen LogP contribution is -2.40. The number of benzene rings is 1. The van der Waals surface area contributed by atoms with Crippen LogP contribution < -0.4 is 4.90 Å². The number of likely N-dealkylation sites (N-methyl/N-ethyl adjacent to an activating group) is 1. The highest BCUT2D eigenvalue weighted by atomic mass is 16.3. The molecule has 0 aromatic heterocycles. The smallest absolute Gasteiger partial charge is 0.0743 e. The molecule has 0 spiro atoms. The summed E-state index contributed by atoms with van der Waals surface area (Å²) in [6, 6.07) is 8.75. The van der Waals surface area contributed by atoms with Crippen molar-refractivity contribution in [2.45, 2.75) is 45.3 Å². The first-order chi connectivity index (χ1) is 7.74. The minimum Gasteiger partial charge on any atom is -0.391 e. The zero-order chi connectivity index (χ0) is 11.5. The number of aliphatic hydroxyl groups excluding tert-OH is 1. The van der Waals surface area contributed by atoms with Crippen LogP contribution in [0.25, 0.3) is 0 Å². The highest BCUT2D eigenvalue weighted by Crippen LogP contribution is 2.30. The van der Waals surface area contributed by atoms with Gasteiger partial charge in [0.15, 0.2) is 0 Å². The monoisotopic (exact) mass is 219 g/mol. The van der Waals surface area contributed by atoms with Crippen molar-refractivity contribution in [1.29, 1.82) is 0 Å². The summed E-state index contributed by atoms with van der Waals surface area (Å²) in [4.78, 5) is 2.35. The number of hydrogen-bond donors (Lipinski definition) is 1. The number of rotatable bonds is 3. The van der Waals surface area contributed by atoms with Crippen molar-refractivity contribution < 1.29 is 5.11 Å². The molecule has 0 saturated heterocycles. The minimum atomic E-state index is -0.153. The first-order valence-corrected chi connectivity index (χ1v) is 6.24. The van der Waals surface area contributed by atoms with Gasteiger partial charge in [-0.15, -0.1) is 0 Å². The Bertz CT molecular complexity index is 350. The van der Waals surface area contributed by atoms with Crippen molar-refractivity contribution in [3.05, 3.63) is 29.8 Å². The van der Waals surface area contributed by atoms with Gasteiger partial charge in [0.25, 0.3) is 0 Å². The molecule has 88 valence electrons. The summed E-state index contributed by atoms with van der Waals surface area (Å²) in [5, 5.41) is 10.0. The average Bonchev–Trinajstić information content (AvgIpc) is 2.69. The third-order valence-electron chi connectivity index (χ3n) is 3.61. The SMILES string of the molecule is CCN(c1ccccc1C)[C@@H]1CCC[C@H]1O. The lowest BCUT2D eigenvalue weighted by Gasteiger charge is -2.33. The lowest BCUT2D eigenvalue weighted by molar-refractivity contribution is 0.161. The Morgan fingerprint density at radius 2 is 2.06 bits per heavy atom. The highest BCUT2D eigenvalue weighted by Gasteiger charge is 2.30. The zero-order valence-electron chi connectivity index (χ0n) is 10.2. The van der Waals surface area contributed by atoms with Gasteiger partial charge in [-0.2, -0.15) is 0 Å². The van der Waals surface area contributed by atoms with Crippen molar-refractivity contribution in [2.24, 2.45) is 0 Å². The Kier molecular flexibility index (Phi) is 3.49. The van der Waals surface area contributed by atoms with Gasteiger partial charge in [-0.1, -0.05) is 18.2 Å². The largest absolute Gasteiger partial charge is 0.391 e. The molecule has 1 aromatic carbocycles. The molecule has 1 saturated carbocycles. The molecule has 0 aliphatic heterocycles. The molecule has 1 aliphatic carbocycles. The van der Waals surface area contributed by atoms with Crippen molar-refractivity contribution in [3.8, 4) is 0 Å². The van der Waals surface area contributed by atoms with Crippen LogP contribution in [0.3, 0.4) is 0 Å². The second kappa shape index (κ2) is 4.88. The summed E-state index contributed by atoms with van der Waals surface area (Å²) in [5.41, 5.74) is 2.57. The van der Waals surface area contributed by atoms with E-state index in [0.717, 1.165) is 25.8 Å². The van der Waals surface area contributed by atoms with Gasteiger partial charge in [-0.3, -0.25) is 0 Å². The van der Waals surface area contributed by atoms with E-state index in [1.54, 1.807) is 0 Å². The number of anilines is 1. The van der Waals surface area contributed by atoms with Crippen LogP contribution in [-0.2, 0) is 0 Å². The number of para-hydroxylation sites is 1. The molecule has 0 bridgehead atoms. The number of nitrogens with zero attached hydrogens (tertiary/aromatic N) is 1. The third-order valence-corrected chi connectivity index (χ3v) is 3.61. The molecule has 1 aliphatic rings. The second-order valence-corrected chi connectivity index (χ2v) is 4.64. The van der Waals surface area contributed by atoms with Gasteiger partial charge < -0.3 is 10.0 Å². The molecule has 0 heterocycles. The summed E-state index contributed by atoms with van der Waals surface area (Å²) in [7, 11) is 0. The van der Waals surface area contributed by atoms with Gasteiger partial charge in [0.05, 0.1) is 12.1 Å². The Hall–Kier alpha value is -1.02. The molecular formula is C14H21NO. The molecule has 0 radical (unpaired) electrons. The van der Waals surface area contributed by atoms with E-state index in [-0.39, 0.29) is 6.10 Å². The van der Waals surface area contributed by atoms with E-state index in [4.69, 9.17) is 0 Å². The molecule has 2 rings (SSSR count). The van der Waals surface area contributed by atoms with Crippen LogP contribution in [-0.4, -0.2) is 23.8 Å². The summed E-state index contributed by atoms with van der Waals surface area (Å²) < 4.78 is 0.